The second kappa shape index (κ2) is 14.0. The average Bonchev–Trinajstić information content (AvgIpc) is 2.33. The number of rotatable bonds is 13. The van der Waals surface area contributed by atoms with Gasteiger partial charge in [0, 0.05) is 6.61 Å². The van der Waals surface area contributed by atoms with E-state index in [2.05, 4.69) is 20.8 Å². The van der Waals surface area contributed by atoms with Crippen LogP contribution in [0.25, 0.3) is 0 Å². The van der Waals surface area contributed by atoms with Gasteiger partial charge in [0.25, 0.3) is 0 Å². The van der Waals surface area contributed by atoms with Gasteiger partial charge in [-0.3, -0.25) is 0 Å². The van der Waals surface area contributed by atoms with Gasteiger partial charge in [-0.25, -0.2) is 0 Å². The average molecular weight is 242 g/mol. The summed E-state index contributed by atoms with van der Waals surface area (Å²) in [5.41, 5.74) is 0. The Labute approximate surface area is 109 Å². The highest BCUT2D eigenvalue weighted by atomic mass is 16.5. The van der Waals surface area contributed by atoms with Crippen LogP contribution < -0.4 is 0 Å². The molecule has 0 fully saturated rings. The molecule has 0 radical (unpaired) electrons. The van der Waals surface area contributed by atoms with Gasteiger partial charge in [0.05, 0.1) is 6.10 Å². The lowest BCUT2D eigenvalue weighted by molar-refractivity contribution is 0.0565. The van der Waals surface area contributed by atoms with E-state index in [0.29, 0.717) is 6.10 Å². The van der Waals surface area contributed by atoms with Gasteiger partial charge in [-0.15, -0.1) is 0 Å². The molecule has 0 rings (SSSR count). The van der Waals surface area contributed by atoms with Crippen LogP contribution in [0.1, 0.15) is 91.4 Å². The molecule has 0 saturated carbocycles. The van der Waals surface area contributed by atoms with Crippen LogP contribution in [0.4, 0.5) is 0 Å². The Hall–Kier alpha value is -0.0400. The number of hydrogen-bond acceptors (Lipinski definition) is 1. The number of ether oxygens (including phenoxy) is 1. The molecule has 0 amide bonds. The minimum absolute atomic E-state index is 0.474. The van der Waals surface area contributed by atoms with Crippen molar-refractivity contribution in [3.63, 3.8) is 0 Å². The molecule has 104 valence electrons. The molecule has 1 nitrogen and oxygen atoms in total. The Morgan fingerprint density at radius 2 is 1.24 bits per heavy atom. The Kier molecular flexibility index (Phi) is 14.0. The zero-order chi connectivity index (χ0) is 12.8. The summed E-state index contributed by atoms with van der Waals surface area (Å²) in [4.78, 5) is 0. The lowest BCUT2D eigenvalue weighted by Gasteiger charge is -2.12. The summed E-state index contributed by atoms with van der Waals surface area (Å²) < 4.78 is 5.74. The molecule has 0 saturated heterocycles. The van der Waals surface area contributed by atoms with Crippen molar-refractivity contribution in [3.05, 3.63) is 0 Å². The molecule has 0 heterocycles. The van der Waals surface area contributed by atoms with E-state index in [0.717, 1.165) is 6.61 Å². The zero-order valence-electron chi connectivity index (χ0n) is 12.5. The number of unbranched alkanes of at least 4 members (excludes halogenated alkanes) is 8. The topological polar surface area (TPSA) is 9.23 Å². The summed E-state index contributed by atoms with van der Waals surface area (Å²) in [6.45, 7) is 7.66. The van der Waals surface area contributed by atoms with Crippen LogP contribution in [0.15, 0.2) is 0 Å². The minimum Gasteiger partial charge on any atom is -0.379 e. The van der Waals surface area contributed by atoms with Crippen LogP contribution >= 0.6 is 0 Å². The normalized spacial score (nSPS) is 12.9. The fraction of sp³-hybridized carbons (Fsp3) is 1.00. The SMILES string of the molecule is CCCCCCCCCCC(C)OCCCC. The second-order valence-corrected chi connectivity index (χ2v) is 5.30. The van der Waals surface area contributed by atoms with Gasteiger partial charge in [0.2, 0.25) is 0 Å². The predicted molar refractivity (Wildman–Crippen MR) is 77.5 cm³/mol. The van der Waals surface area contributed by atoms with E-state index in [1.807, 2.05) is 0 Å². The van der Waals surface area contributed by atoms with Gasteiger partial charge in [-0.2, -0.15) is 0 Å². The lowest BCUT2D eigenvalue weighted by Crippen LogP contribution is -2.08. The molecule has 0 aromatic heterocycles. The molecule has 17 heavy (non-hydrogen) atoms. The molecule has 0 aliphatic heterocycles. The fourth-order valence-electron chi connectivity index (χ4n) is 2.08. The van der Waals surface area contributed by atoms with Gasteiger partial charge in [-0.05, 0) is 19.8 Å². The minimum atomic E-state index is 0.474. The summed E-state index contributed by atoms with van der Waals surface area (Å²) in [6, 6.07) is 0. The Balaban J connectivity index is 3.05. The third-order valence-electron chi connectivity index (χ3n) is 3.36. The molecular weight excluding hydrogens is 208 g/mol. The van der Waals surface area contributed by atoms with E-state index in [9.17, 15) is 0 Å². The van der Waals surface area contributed by atoms with E-state index in [-0.39, 0.29) is 0 Å². The van der Waals surface area contributed by atoms with E-state index < -0.39 is 0 Å². The van der Waals surface area contributed by atoms with Gasteiger partial charge in [0.15, 0.2) is 0 Å². The van der Waals surface area contributed by atoms with Crippen LogP contribution in [0.3, 0.4) is 0 Å². The van der Waals surface area contributed by atoms with E-state index in [1.54, 1.807) is 0 Å². The molecule has 0 aromatic rings. The third kappa shape index (κ3) is 13.9. The van der Waals surface area contributed by atoms with Gasteiger partial charge in [-0.1, -0.05) is 71.6 Å². The third-order valence-corrected chi connectivity index (χ3v) is 3.36. The molecule has 1 heteroatoms. The summed E-state index contributed by atoms with van der Waals surface area (Å²) >= 11 is 0. The summed E-state index contributed by atoms with van der Waals surface area (Å²) in [6.07, 6.45) is 15.4. The highest BCUT2D eigenvalue weighted by Crippen LogP contribution is 2.11. The highest BCUT2D eigenvalue weighted by Gasteiger charge is 2.01. The first-order chi connectivity index (χ1) is 8.31. The molecular formula is C16H34O. The highest BCUT2D eigenvalue weighted by molar-refractivity contribution is 4.52. The molecule has 0 spiro atoms. The summed E-state index contributed by atoms with van der Waals surface area (Å²) in [5.74, 6) is 0. The van der Waals surface area contributed by atoms with Gasteiger partial charge < -0.3 is 4.74 Å². The van der Waals surface area contributed by atoms with E-state index in [4.69, 9.17) is 4.74 Å². The van der Waals surface area contributed by atoms with Crippen LogP contribution in [-0.4, -0.2) is 12.7 Å². The second-order valence-electron chi connectivity index (χ2n) is 5.30. The van der Waals surface area contributed by atoms with Crippen molar-refractivity contribution in [2.45, 2.75) is 97.5 Å². The van der Waals surface area contributed by atoms with Crippen molar-refractivity contribution < 1.29 is 4.74 Å². The molecule has 0 bridgehead atoms. The molecule has 0 aromatic carbocycles. The largest absolute Gasteiger partial charge is 0.379 e. The maximum atomic E-state index is 5.74. The maximum Gasteiger partial charge on any atom is 0.0547 e. The molecule has 1 unspecified atom stereocenters. The quantitative estimate of drug-likeness (QED) is 0.375. The molecule has 1 atom stereocenters. The Morgan fingerprint density at radius 1 is 0.706 bits per heavy atom. The van der Waals surface area contributed by atoms with Crippen molar-refractivity contribution in [1.82, 2.24) is 0 Å². The van der Waals surface area contributed by atoms with E-state index >= 15 is 0 Å². The van der Waals surface area contributed by atoms with E-state index in [1.165, 1.54) is 70.6 Å². The maximum absolute atomic E-state index is 5.74. The van der Waals surface area contributed by atoms with Crippen LogP contribution in [0.2, 0.25) is 0 Å². The van der Waals surface area contributed by atoms with Crippen molar-refractivity contribution in [1.29, 1.82) is 0 Å². The van der Waals surface area contributed by atoms with Crippen LogP contribution in [0.5, 0.6) is 0 Å². The monoisotopic (exact) mass is 242 g/mol. The van der Waals surface area contributed by atoms with Gasteiger partial charge >= 0.3 is 0 Å². The van der Waals surface area contributed by atoms with Crippen molar-refractivity contribution in [2.24, 2.45) is 0 Å². The lowest BCUT2D eigenvalue weighted by atomic mass is 10.1. The first kappa shape index (κ1) is 17.0. The zero-order valence-corrected chi connectivity index (χ0v) is 12.5. The first-order valence-corrected chi connectivity index (χ1v) is 7.92. The van der Waals surface area contributed by atoms with Crippen molar-refractivity contribution >= 4 is 0 Å². The summed E-state index contributed by atoms with van der Waals surface area (Å²) in [7, 11) is 0. The predicted octanol–water partition coefficient (Wildman–Crippen LogP) is 5.72. The molecule has 0 N–H and O–H groups in total. The van der Waals surface area contributed by atoms with Crippen LogP contribution in [0, 0.1) is 0 Å². The Bertz CT molecular complexity index is 133. The van der Waals surface area contributed by atoms with Gasteiger partial charge in [0.1, 0.15) is 0 Å². The Morgan fingerprint density at radius 3 is 1.82 bits per heavy atom. The van der Waals surface area contributed by atoms with Crippen LogP contribution in [-0.2, 0) is 4.74 Å². The first-order valence-electron chi connectivity index (χ1n) is 7.92. The standard InChI is InChI=1S/C16H34O/c1-4-6-8-9-10-11-12-13-14-16(3)17-15-7-5-2/h16H,4-15H2,1-3H3. The number of hydrogen-bond donors (Lipinski definition) is 0. The van der Waals surface area contributed by atoms with Crippen molar-refractivity contribution in [3.8, 4) is 0 Å². The fourth-order valence-corrected chi connectivity index (χ4v) is 2.08. The summed E-state index contributed by atoms with van der Waals surface area (Å²) in [5, 5.41) is 0. The molecule has 0 aliphatic carbocycles. The smallest absolute Gasteiger partial charge is 0.0547 e. The van der Waals surface area contributed by atoms with Crippen molar-refractivity contribution in [2.75, 3.05) is 6.61 Å². The molecule has 0 aliphatic rings.